The minimum Gasteiger partial charge on any atom is -0.262 e. The Labute approximate surface area is 128 Å². The summed E-state index contributed by atoms with van der Waals surface area (Å²) >= 11 is 12.0. The summed E-state index contributed by atoms with van der Waals surface area (Å²) in [6.07, 6.45) is 1.45. The summed E-state index contributed by atoms with van der Waals surface area (Å²) in [5, 5.41) is 0.481. The minimum atomic E-state index is -1.35. The second-order valence-electron chi connectivity index (χ2n) is 5.75. The quantitative estimate of drug-likeness (QED) is 0.688. The smallest absolute Gasteiger partial charge is 0.153 e. The van der Waals surface area contributed by atoms with Gasteiger partial charge in [0.05, 0.1) is 10.0 Å². The van der Waals surface area contributed by atoms with Gasteiger partial charge in [0, 0.05) is 18.0 Å². The predicted octanol–water partition coefficient (Wildman–Crippen LogP) is 5.74. The number of rotatable bonds is 2. The van der Waals surface area contributed by atoms with Crippen molar-refractivity contribution in [1.82, 2.24) is 4.98 Å². The molecule has 0 spiro atoms. The maximum Gasteiger partial charge on any atom is 0.153 e. The van der Waals surface area contributed by atoms with Crippen molar-refractivity contribution in [2.24, 2.45) is 0 Å². The standard InChI is InChI=1S/C16H16Cl2FN/c1-16(2,3)11-6-4-10(5-7-11)15(19)14-12(17)8-20-9-13(14)18/h4-9,15H,1-3H3. The monoisotopic (exact) mass is 311 g/mol. The first kappa shape index (κ1) is 15.3. The molecule has 0 aliphatic carbocycles. The number of hydrogen-bond acceptors (Lipinski definition) is 1. The summed E-state index contributed by atoms with van der Waals surface area (Å²) in [7, 11) is 0. The Morgan fingerprint density at radius 3 is 1.95 bits per heavy atom. The lowest BCUT2D eigenvalue weighted by molar-refractivity contribution is 0.401. The molecule has 1 unspecified atom stereocenters. The van der Waals surface area contributed by atoms with E-state index >= 15 is 0 Å². The summed E-state index contributed by atoms with van der Waals surface area (Å²) in [6.45, 7) is 6.35. The molecular formula is C16H16Cl2FN. The molecule has 2 rings (SSSR count). The fourth-order valence-corrected chi connectivity index (χ4v) is 2.54. The van der Waals surface area contributed by atoms with Gasteiger partial charge in [0.1, 0.15) is 0 Å². The van der Waals surface area contributed by atoms with Gasteiger partial charge >= 0.3 is 0 Å². The molecule has 0 saturated carbocycles. The Hall–Kier alpha value is -1.12. The Bertz CT molecular complexity index is 583. The number of aromatic nitrogens is 1. The van der Waals surface area contributed by atoms with Crippen LogP contribution in [-0.4, -0.2) is 4.98 Å². The Kier molecular flexibility index (Phi) is 4.36. The summed E-state index contributed by atoms with van der Waals surface area (Å²) in [4.78, 5) is 3.84. The molecule has 1 aromatic heterocycles. The molecule has 106 valence electrons. The number of halogens is 3. The van der Waals surface area contributed by atoms with Gasteiger partial charge in [0.2, 0.25) is 0 Å². The van der Waals surface area contributed by atoms with Gasteiger partial charge in [-0.3, -0.25) is 4.98 Å². The topological polar surface area (TPSA) is 12.9 Å². The Morgan fingerprint density at radius 2 is 1.50 bits per heavy atom. The first-order valence-electron chi connectivity index (χ1n) is 6.34. The van der Waals surface area contributed by atoms with Gasteiger partial charge in [-0.05, 0) is 16.5 Å². The average Bonchev–Trinajstić information content (AvgIpc) is 2.37. The van der Waals surface area contributed by atoms with Crippen LogP contribution in [0, 0.1) is 0 Å². The number of hydrogen-bond donors (Lipinski definition) is 0. The number of benzene rings is 1. The zero-order chi connectivity index (χ0) is 14.9. The van der Waals surface area contributed by atoms with Crippen LogP contribution in [0.2, 0.25) is 10.0 Å². The molecule has 20 heavy (non-hydrogen) atoms. The normalized spacial score (nSPS) is 13.3. The molecule has 0 bridgehead atoms. The molecule has 0 aliphatic heterocycles. The maximum atomic E-state index is 14.6. The molecule has 0 radical (unpaired) electrons. The second kappa shape index (κ2) is 5.71. The van der Waals surface area contributed by atoms with Crippen molar-refractivity contribution in [2.75, 3.05) is 0 Å². The van der Waals surface area contributed by atoms with E-state index in [0.717, 1.165) is 5.56 Å². The number of nitrogens with zero attached hydrogens (tertiary/aromatic N) is 1. The zero-order valence-corrected chi connectivity index (χ0v) is 13.1. The molecule has 1 nitrogen and oxygen atoms in total. The van der Waals surface area contributed by atoms with Gasteiger partial charge in [0.15, 0.2) is 6.17 Å². The van der Waals surface area contributed by atoms with Crippen LogP contribution in [0.25, 0.3) is 0 Å². The molecule has 0 saturated heterocycles. The summed E-state index contributed by atoms with van der Waals surface area (Å²) < 4.78 is 14.6. The van der Waals surface area contributed by atoms with Gasteiger partial charge in [-0.25, -0.2) is 4.39 Å². The molecule has 1 aromatic carbocycles. The average molecular weight is 312 g/mol. The third kappa shape index (κ3) is 3.13. The lowest BCUT2D eigenvalue weighted by atomic mass is 9.86. The van der Waals surface area contributed by atoms with Crippen LogP contribution in [0.3, 0.4) is 0 Å². The highest BCUT2D eigenvalue weighted by atomic mass is 35.5. The van der Waals surface area contributed by atoms with E-state index in [1.54, 1.807) is 12.1 Å². The summed E-state index contributed by atoms with van der Waals surface area (Å²) in [5.74, 6) is 0. The molecule has 0 aliphatic rings. The predicted molar refractivity (Wildman–Crippen MR) is 82.4 cm³/mol. The summed E-state index contributed by atoms with van der Waals surface area (Å²) in [5.41, 5.74) is 2.00. The molecule has 4 heteroatoms. The third-order valence-corrected chi connectivity index (χ3v) is 3.82. The van der Waals surface area contributed by atoms with E-state index < -0.39 is 6.17 Å². The second-order valence-corrected chi connectivity index (χ2v) is 6.57. The fraction of sp³-hybridized carbons (Fsp3) is 0.312. The lowest BCUT2D eigenvalue weighted by Gasteiger charge is -2.20. The molecule has 0 fully saturated rings. The van der Waals surface area contributed by atoms with Crippen molar-refractivity contribution in [1.29, 1.82) is 0 Å². The van der Waals surface area contributed by atoms with E-state index in [9.17, 15) is 4.39 Å². The highest BCUT2D eigenvalue weighted by molar-refractivity contribution is 6.35. The molecule has 2 aromatic rings. The highest BCUT2D eigenvalue weighted by Gasteiger charge is 2.21. The molecule has 1 atom stereocenters. The Morgan fingerprint density at radius 1 is 1.00 bits per heavy atom. The van der Waals surface area contributed by atoms with Crippen molar-refractivity contribution in [3.63, 3.8) is 0 Å². The molecule has 1 heterocycles. The van der Waals surface area contributed by atoms with E-state index in [2.05, 4.69) is 25.8 Å². The van der Waals surface area contributed by atoms with Crippen LogP contribution in [0.4, 0.5) is 4.39 Å². The third-order valence-electron chi connectivity index (χ3n) is 3.21. The van der Waals surface area contributed by atoms with Gasteiger partial charge in [-0.15, -0.1) is 0 Å². The van der Waals surface area contributed by atoms with E-state index in [0.29, 0.717) is 5.56 Å². The van der Waals surface area contributed by atoms with Crippen LogP contribution < -0.4 is 0 Å². The van der Waals surface area contributed by atoms with Crippen LogP contribution in [0.15, 0.2) is 36.7 Å². The zero-order valence-electron chi connectivity index (χ0n) is 11.6. The fourth-order valence-electron chi connectivity index (χ4n) is 1.98. The maximum absolute atomic E-state index is 14.6. The van der Waals surface area contributed by atoms with Crippen molar-refractivity contribution in [3.05, 3.63) is 63.4 Å². The largest absolute Gasteiger partial charge is 0.262 e. The molecule has 0 amide bonds. The minimum absolute atomic E-state index is 0.0380. The van der Waals surface area contributed by atoms with Crippen LogP contribution in [0.1, 0.15) is 43.6 Å². The van der Waals surface area contributed by atoms with E-state index in [1.807, 2.05) is 12.1 Å². The van der Waals surface area contributed by atoms with Gasteiger partial charge < -0.3 is 0 Å². The van der Waals surface area contributed by atoms with E-state index in [-0.39, 0.29) is 21.0 Å². The van der Waals surface area contributed by atoms with Gasteiger partial charge in [0.25, 0.3) is 0 Å². The van der Waals surface area contributed by atoms with E-state index in [4.69, 9.17) is 23.2 Å². The molecule has 0 N–H and O–H groups in total. The van der Waals surface area contributed by atoms with Crippen molar-refractivity contribution >= 4 is 23.2 Å². The SMILES string of the molecule is CC(C)(C)c1ccc(C(F)c2c(Cl)cncc2Cl)cc1. The van der Waals surface area contributed by atoms with Crippen LogP contribution in [0.5, 0.6) is 0 Å². The van der Waals surface area contributed by atoms with Crippen molar-refractivity contribution in [2.45, 2.75) is 32.4 Å². The number of pyridine rings is 1. The Balaban J connectivity index is 2.37. The van der Waals surface area contributed by atoms with Gasteiger partial charge in [-0.2, -0.15) is 0 Å². The number of alkyl halides is 1. The first-order valence-corrected chi connectivity index (χ1v) is 7.09. The lowest BCUT2D eigenvalue weighted by Crippen LogP contribution is -2.11. The van der Waals surface area contributed by atoms with E-state index in [1.165, 1.54) is 12.4 Å². The van der Waals surface area contributed by atoms with Crippen molar-refractivity contribution < 1.29 is 4.39 Å². The summed E-state index contributed by atoms with van der Waals surface area (Å²) in [6, 6.07) is 7.42. The van der Waals surface area contributed by atoms with Gasteiger partial charge in [-0.1, -0.05) is 68.2 Å². The van der Waals surface area contributed by atoms with Crippen LogP contribution >= 0.6 is 23.2 Å². The molecular weight excluding hydrogens is 296 g/mol. The first-order chi connectivity index (χ1) is 9.30. The van der Waals surface area contributed by atoms with Crippen LogP contribution in [-0.2, 0) is 5.41 Å². The highest BCUT2D eigenvalue weighted by Crippen LogP contribution is 2.36. The van der Waals surface area contributed by atoms with Crippen molar-refractivity contribution in [3.8, 4) is 0 Å².